The molecule has 4 heteroatoms. The van der Waals surface area contributed by atoms with Crippen LogP contribution in [0.2, 0.25) is 0 Å². The van der Waals surface area contributed by atoms with Crippen molar-refractivity contribution in [3.8, 4) is 11.3 Å². The highest BCUT2D eigenvalue weighted by molar-refractivity contribution is 5.65. The molecule has 0 bridgehead atoms. The highest BCUT2D eigenvalue weighted by Crippen LogP contribution is 2.23. The average Bonchev–Trinajstić information content (AvgIpc) is 2.60. The van der Waals surface area contributed by atoms with E-state index in [-0.39, 0.29) is 0 Å². The molecule has 0 saturated heterocycles. The van der Waals surface area contributed by atoms with Crippen LogP contribution in [0.4, 0.5) is 5.82 Å². The lowest BCUT2D eigenvalue weighted by Gasteiger charge is -2.05. The van der Waals surface area contributed by atoms with E-state index in [0.29, 0.717) is 12.4 Å². The Kier molecular flexibility index (Phi) is 3.15. The number of hydrogen-bond acceptors (Lipinski definition) is 3. The van der Waals surface area contributed by atoms with E-state index in [1.807, 2.05) is 37.3 Å². The number of anilines is 1. The molecule has 1 heterocycles. The lowest BCUT2D eigenvalue weighted by molar-refractivity contribution is 0.169. The first kappa shape index (κ1) is 11.7. The van der Waals surface area contributed by atoms with E-state index >= 15 is 0 Å². The fraction of sp³-hybridized carbons (Fsp3) is 0.308. The van der Waals surface area contributed by atoms with Crippen molar-refractivity contribution in [3.63, 3.8) is 0 Å². The highest BCUT2D eigenvalue weighted by Gasteiger charge is 2.10. The molecule has 1 unspecified atom stereocenters. The Morgan fingerprint density at radius 3 is 2.76 bits per heavy atom. The van der Waals surface area contributed by atoms with Gasteiger partial charge >= 0.3 is 0 Å². The first-order chi connectivity index (χ1) is 8.08. The van der Waals surface area contributed by atoms with E-state index in [1.54, 1.807) is 11.6 Å². The molecule has 0 aliphatic heterocycles. The maximum Gasteiger partial charge on any atom is 0.122 e. The van der Waals surface area contributed by atoms with E-state index in [9.17, 15) is 5.11 Å². The third-order valence-corrected chi connectivity index (χ3v) is 2.67. The second-order valence-electron chi connectivity index (χ2n) is 4.30. The van der Waals surface area contributed by atoms with Crippen LogP contribution in [0.1, 0.15) is 12.5 Å². The van der Waals surface area contributed by atoms with Gasteiger partial charge in [0.15, 0.2) is 0 Å². The Morgan fingerprint density at radius 1 is 1.41 bits per heavy atom. The van der Waals surface area contributed by atoms with E-state index < -0.39 is 6.10 Å². The third-order valence-electron chi connectivity index (χ3n) is 2.67. The van der Waals surface area contributed by atoms with E-state index in [1.165, 1.54) is 0 Å². The van der Waals surface area contributed by atoms with Crippen molar-refractivity contribution in [1.29, 1.82) is 0 Å². The van der Waals surface area contributed by atoms with Gasteiger partial charge in [0, 0.05) is 11.6 Å². The van der Waals surface area contributed by atoms with Gasteiger partial charge in [0.2, 0.25) is 0 Å². The van der Waals surface area contributed by atoms with Gasteiger partial charge in [0.1, 0.15) is 5.82 Å². The van der Waals surface area contributed by atoms with Crippen molar-refractivity contribution in [2.75, 3.05) is 5.73 Å². The number of aliphatic hydroxyl groups excluding tert-OH is 1. The van der Waals surface area contributed by atoms with Gasteiger partial charge in [-0.25, -0.2) is 4.68 Å². The summed E-state index contributed by atoms with van der Waals surface area (Å²) >= 11 is 0. The van der Waals surface area contributed by atoms with Crippen LogP contribution in [-0.4, -0.2) is 21.0 Å². The Balaban J connectivity index is 2.38. The van der Waals surface area contributed by atoms with Crippen LogP contribution in [0.15, 0.2) is 30.3 Å². The second kappa shape index (κ2) is 4.59. The van der Waals surface area contributed by atoms with Crippen molar-refractivity contribution in [3.05, 3.63) is 35.9 Å². The fourth-order valence-electron chi connectivity index (χ4n) is 1.82. The monoisotopic (exact) mass is 231 g/mol. The number of aromatic nitrogens is 2. The molecule has 1 aromatic carbocycles. The number of hydrogen-bond donors (Lipinski definition) is 2. The fourth-order valence-corrected chi connectivity index (χ4v) is 1.82. The Bertz CT molecular complexity index is 517. The summed E-state index contributed by atoms with van der Waals surface area (Å²) in [5.74, 6) is 0.573. The topological polar surface area (TPSA) is 64.1 Å². The molecular formula is C13H17N3O. The van der Waals surface area contributed by atoms with Gasteiger partial charge in [-0.2, -0.15) is 5.10 Å². The third kappa shape index (κ3) is 2.47. The Labute approximate surface area is 101 Å². The molecule has 1 atom stereocenters. The van der Waals surface area contributed by atoms with Gasteiger partial charge in [0.25, 0.3) is 0 Å². The molecule has 0 aliphatic carbocycles. The molecule has 0 amide bonds. The van der Waals surface area contributed by atoms with E-state index in [0.717, 1.165) is 16.8 Å². The molecule has 0 aliphatic rings. The van der Waals surface area contributed by atoms with Gasteiger partial charge < -0.3 is 10.8 Å². The minimum Gasteiger partial charge on any atom is -0.391 e. The van der Waals surface area contributed by atoms with Gasteiger partial charge in [-0.3, -0.25) is 0 Å². The summed E-state index contributed by atoms with van der Waals surface area (Å²) in [5.41, 5.74) is 8.95. The van der Waals surface area contributed by atoms with Gasteiger partial charge in [-0.1, -0.05) is 24.3 Å². The predicted octanol–water partition coefficient (Wildman–Crippen LogP) is 1.82. The molecule has 90 valence electrons. The molecule has 0 radical (unpaired) electrons. The van der Waals surface area contributed by atoms with Crippen molar-refractivity contribution < 1.29 is 5.11 Å². The van der Waals surface area contributed by atoms with Crippen molar-refractivity contribution in [1.82, 2.24) is 9.78 Å². The number of benzene rings is 1. The number of nitrogen functional groups attached to an aromatic ring is 1. The Hall–Kier alpha value is -1.81. The summed E-state index contributed by atoms with van der Waals surface area (Å²) < 4.78 is 1.63. The highest BCUT2D eigenvalue weighted by atomic mass is 16.3. The van der Waals surface area contributed by atoms with Crippen LogP contribution in [0.25, 0.3) is 11.3 Å². The maximum atomic E-state index is 9.35. The van der Waals surface area contributed by atoms with Crippen LogP contribution < -0.4 is 5.73 Å². The quantitative estimate of drug-likeness (QED) is 0.847. The lowest BCUT2D eigenvalue weighted by atomic mass is 10.1. The molecule has 0 saturated carbocycles. The SMILES string of the molecule is Cc1ccccc1-c1cc(N)n(CC(C)O)n1. The number of nitrogens with zero attached hydrogens (tertiary/aromatic N) is 2. The molecule has 0 spiro atoms. The van der Waals surface area contributed by atoms with Crippen LogP contribution >= 0.6 is 0 Å². The van der Waals surface area contributed by atoms with Gasteiger partial charge in [-0.05, 0) is 19.4 Å². The zero-order chi connectivity index (χ0) is 12.4. The largest absolute Gasteiger partial charge is 0.391 e. The van der Waals surface area contributed by atoms with Crippen LogP contribution in [0.3, 0.4) is 0 Å². The predicted molar refractivity (Wildman–Crippen MR) is 68.5 cm³/mol. The smallest absolute Gasteiger partial charge is 0.122 e. The molecular weight excluding hydrogens is 214 g/mol. The average molecular weight is 231 g/mol. The summed E-state index contributed by atoms with van der Waals surface area (Å²) in [7, 11) is 0. The Morgan fingerprint density at radius 2 is 2.12 bits per heavy atom. The summed E-state index contributed by atoms with van der Waals surface area (Å²) in [6, 6.07) is 9.87. The minimum absolute atomic E-state index is 0.414. The molecule has 2 rings (SSSR count). The zero-order valence-electron chi connectivity index (χ0n) is 10.1. The zero-order valence-corrected chi connectivity index (χ0v) is 10.1. The molecule has 17 heavy (non-hydrogen) atoms. The summed E-state index contributed by atoms with van der Waals surface area (Å²) in [6.07, 6.45) is -0.457. The summed E-state index contributed by atoms with van der Waals surface area (Å²) in [4.78, 5) is 0. The van der Waals surface area contributed by atoms with Gasteiger partial charge in [0.05, 0.1) is 18.3 Å². The number of aliphatic hydroxyl groups is 1. The van der Waals surface area contributed by atoms with Crippen LogP contribution in [0, 0.1) is 6.92 Å². The van der Waals surface area contributed by atoms with Crippen molar-refractivity contribution in [2.45, 2.75) is 26.5 Å². The van der Waals surface area contributed by atoms with Crippen molar-refractivity contribution >= 4 is 5.82 Å². The molecule has 2 aromatic rings. The van der Waals surface area contributed by atoms with Crippen molar-refractivity contribution in [2.24, 2.45) is 0 Å². The minimum atomic E-state index is -0.457. The molecule has 0 fully saturated rings. The lowest BCUT2D eigenvalue weighted by Crippen LogP contribution is -2.14. The van der Waals surface area contributed by atoms with Crippen LogP contribution in [0.5, 0.6) is 0 Å². The number of aryl methyl sites for hydroxylation is 1. The molecule has 4 nitrogen and oxygen atoms in total. The first-order valence-corrected chi connectivity index (χ1v) is 5.65. The van der Waals surface area contributed by atoms with E-state index in [4.69, 9.17) is 5.73 Å². The maximum absolute atomic E-state index is 9.35. The normalized spacial score (nSPS) is 12.6. The summed E-state index contributed by atoms with van der Waals surface area (Å²) in [5, 5.41) is 13.8. The van der Waals surface area contributed by atoms with E-state index in [2.05, 4.69) is 5.10 Å². The summed E-state index contributed by atoms with van der Waals surface area (Å²) in [6.45, 7) is 4.17. The second-order valence-corrected chi connectivity index (χ2v) is 4.30. The number of rotatable bonds is 3. The molecule has 3 N–H and O–H groups in total. The standard InChI is InChI=1S/C13H17N3O/c1-9-5-3-4-6-11(9)12-7-13(14)16(15-12)8-10(2)17/h3-7,10,17H,8,14H2,1-2H3. The number of nitrogens with two attached hydrogens (primary N) is 1. The van der Waals surface area contributed by atoms with Crippen LogP contribution in [-0.2, 0) is 6.54 Å². The molecule has 1 aromatic heterocycles. The first-order valence-electron chi connectivity index (χ1n) is 5.65. The van der Waals surface area contributed by atoms with Gasteiger partial charge in [-0.15, -0.1) is 0 Å².